The van der Waals surface area contributed by atoms with E-state index < -0.39 is 0 Å². The predicted octanol–water partition coefficient (Wildman–Crippen LogP) is 4.21. The fourth-order valence-corrected chi connectivity index (χ4v) is 2.38. The minimum Gasteiger partial charge on any atom is -0.399 e. The first kappa shape index (κ1) is 14.6. The first-order valence-corrected chi connectivity index (χ1v) is 7.12. The monoisotopic (exact) mass is 332 g/mol. The molecular weight excluding hydrogens is 316 g/mol. The molecule has 0 atom stereocenters. The van der Waals surface area contributed by atoms with Crippen LogP contribution in [0.3, 0.4) is 0 Å². The van der Waals surface area contributed by atoms with Crippen LogP contribution in [0.1, 0.15) is 27.0 Å². The third kappa shape index (κ3) is 2.85. The fraction of sp³-hybridized carbons (Fsp3) is 0.188. The fourth-order valence-electron chi connectivity index (χ4n) is 2.02. The molecule has 2 aromatic rings. The molecule has 3 N–H and O–H groups in total. The number of carbonyl (C=O) groups excluding carboxylic acids is 1. The van der Waals surface area contributed by atoms with Gasteiger partial charge < -0.3 is 11.1 Å². The maximum Gasteiger partial charge on any atom is 0.255 e. The van der Waals surface area contributed by atoms with E-state index in [-0.39, 0.29) is 5.91 Å². The second-order valence-electron chi connectivity index (χ2n) is 4.89. The third-order valence-corrected chi connectivity index (χ3v) is 4.23. The van der Waals surface area contributed by atoms with Gasteiger partial charge in [-0.25, -0.2) is 0 Å². The van der Waals surface area contributed by atoms with E-state index in [0.717, 1.165) is 32.5 Å². The zero-order valence-corrected chi connectivity index (χ0v) is 13.3. The number of anilines is 2. The van der Waals surface area contributed by atoms with E-state index in [1.165, 1.54) is 0 Å². The van der Waals surface area contributed by atoms with Crippen molar-refractivity contribution in [3.05, 3.63) is 57.1 Å². The Kier molecular flexibility index (Phi) is 4.14. The third-order valence-electron chi connectivity index (χ3n) is 3.37. The summed E-state index contributed by atoms with van der Waals surface area (Å²) in [7, 11) is 0. The quantitative estimate of drug-likeness (QED) is 0.809. The summed E-state index contributed by atoms with van der Waals surface area (Å²) in [4.78, 5) is 12.4. The van der Waals surface area contributed by atoms with Gasteiger partial charge in [0.1, 0.15) is 0 Å². The van der Waals surface area contributed by atoms with Gasteiger partial charge in [0.2, 0.25) is 0 Å². The van der Waals surface area contributed by atoms with Gasteiger partial charge in [0.05, 0.1) is 0 Å². The minimum absolute atomic E-state index is 0.115. The van der Waals surface area contributed by atoms with Crippen LogP contribution in [0.4, 0.5) is 11.4 Å². The molecule has 104 valence electrons. The SMILES string of the molecule is Cc1cc(NC(=O)c2cccc(Br)c2C)c(C)cc1N. The van der Waals surface area contributed by atoms with Crippen molar-refractivity contribution in [2.75, 3.05) is 11.1 Å². The van der Waals surface area contributed by atoms with E-state index in [9.17, 15) is 4.79 Å². The summed E-state index contributed by atoms with van der Waals surface area (Å²) in [5.74, 6) is -0.115. The van der Waals surface area contributed by atoms with Crippen LogP contribution in [0.2, 0.25) is 0 Å². The molecule has 2 aromatic carbocycles. The number of aryl methyl sites for hydroxylation is 2. The van der Waals surface area contributed by atoms with E-state index in [1.807, 2.05) is 51.1 Å². The average molecular weight is 333 g/mol. The lowest BCUT2D eigenvalue weighted by Crippen LogP contribution is -2.14. The summed E-state index contributed by atoms with van der Waals surface area (Å²) in [5.41, 5.74) is 10.9. The van der Waals surface area contributed by atoms with Gasteiger partial charge in [0.25, 0.3) is 5.91 Å². The van der Waals surface area contributed by atoms with Crippen molar-refractivity contribution in [3.8, 4) is 0 Å². The number of hydrogen-bond acceptors (Lipinski definition) is 2. The molecule has 0 unspecified atom stereocenters. The number of nitrogens with two attached hydrogens (primary N) is 1. The number of carbonyl (C=O) groups is 1. The van der Waals surface area contributed by atoms with Crippen LogP contribution < -0.4 is 11.1 Å². The molecule has 0 radical (unpaired) electrons. The molecule has 20 heavy (non-hydrogen) atoms. The lowest BCUT2D eigenvalue weighted by Gasteiger charge is -2.13. The van der Waals surface area contributed by atoms with Crippen molar-refractivity contribution < 1.29 is 4.79 Å². The van der Waals surface area contributed by atoms with Crippen LogP contribution in [0.15, 0.2) is 34.8 Å². The standard InChI is InChI=1S/C16H17BrN2O/c1-9-8-15(10(2)7-14(9)18)19-16(20)12-5-4-6-13(17)11(12)3/h4-8H,18H2,1-3H3,(H,19,20). The molecule has 1 amide bonds. The van der Waals surface area contributed by atoms with Crippen molar-refractivity contribution >= 4 is 33.2 Å². The topological polar surface area (TPSA) is 55.1 Å². The summed E-state index contributed by atoms with van der Waals surface area (Å²) < 4.78 is 0.926. The molecule has 0 aliphatic carbocycles. The maximum atomic E-state index is 12.4. The van der Waals surface area contributed by atoms with Gasteiger partial charge in [-0.05, 0) is 61.7 Å². The van der Waals surface area contributed by atoms with E-state index in [0.29, 0.717) is 5.56 Å². The lowest BCUT2D eigenvalue weighted by atomic mass is 10.1. The number of nitrogen functional groups attached to an aromatic ring is 1. The van der Waals surface area contributed by atoms with Crippen molar-refractivity contribution in [2.24, 2.45) is 0 Å². The van der Waals surface area contributed by atoms with E-state index in [1.54, 1.807) is 0 Å². The number of amides is 1. The highest BCUT2D eigenvalue weighted by Gasteiger charge is 2.12. The number of benzene rings is 2. The second-order valence-corrected chi connectivity index (χ2v) is 5.74. The van der Waals surface area contributed by atoms with Gasteiger partial charge in [-0.2, -0.15) is 0 Å². The normalized spacial score (nSPS) is 10.4. The van der Waals surface area contributed by atoms with Gasteiger partial charge in [-0.3, -0.25) is 4.79 Å². The Hall–Kier alpha value is -1.81. The summed E-state index contributed by atoms with van der Waals surface area (Å²) in [6.45, 7) is 5.77. The molecular formula is C16H17BrN2O. The van der Waals surface area contributed by atoms with Crippen molar-refractivity contribution in [1.82, 2.24) is 0 Å². The molecule has 0 bridgehead atoms. The molecule has 0 saturated carbocycles. The van der Waals surface area contributed by atoms with Crippen LogP contribution >= 0.6 is 15.9 Å². The van der Waals surface area contributed by atoms with Gasteiger partial charge >= 0.3 is 0 Å². The Morgan fingerprint density at radius 3 is 2.55 bits per heavy atom. The van der Waals surface area contributed by atoms with Crippen molar-refractivity contribution in [3.63, 3.8) is 0 Å². The van der Waals surface area contributed by atoms with Crippen LogP contribution in [0.5, 0.6) is 0 Å². The van der Waals surface area contributed by atoms with Crippen molar-refractivity contribution in [2.45, 2.75) is 20.8 Å². The van der Waals surface area contributed by atoms with Crippen LogP contribution in [-0.4, -0.2) is 5.91 Å². The van der Waals surface area contributed by atoms with Gasteiger partial charge in [-0.1, -0.05) is 22.0 Å². The van der Waals surface area contributed by atoms with E-state index in [2.05, 4.69) is 21.2 Å². The molecule has 4 heteroatoms. The minimum atomic E-state index is -0.115. The smallest absolute Gasteiger partial charge is 0.255 e. The summed E-state index contributed by atoms with van der Waals surface area (Å²) >= 11 is 3.44. The highest BCUT2D eigenvalue weighted by atomic mass is 79.9. The molecule has 0 heterocycles. The summed E-state index contributed by atoms with van der Waals surface area (Å²) in [6.07, 6.45) is 0. The number of hydrogen-bond donors (Lipinski definition) is 2. The van der Waals surface area contributed by atoms with Crippen LogP contribution in [0.25, 0.3) is 0 Å². The highest BCUT2D eigenvalue weighted by molar-refractivity contribution is 9.10. The Morgan fingerprint density at radius 2 is 1.85 bits per heavy atom. The maximum absolute atomic E-state index is 12.4. The Bertz CT molecular complexity index is 680. The van der Waals surface area contributed by atoms with E-state index >= 15 is 0 Å². The molecule has 0 fully saturated rings. The molecule has 0 aromatic heterocycles. The van der Waals surface area contributed by atoms with E-state index in [4.69, 9.17) is 5.73 Å². The Morgan fingerprint density at radius 1 is 1.15 bits per heavy atom. The van der Waals surface area contributed by atoms with Crippen LogP contribution in [-0.2, 0) is 0 Å². The second kappa shape index (κ2) is 5.67. The molecule has 0 aliphatic heterocycles. The highest BCUT2D eigenvalue weighted by Crippen LogP contribution is 2.24. The summed E-state index contributed by atoms with van der Waals surface area (Å²) in [5, 5.41) is 2.95. The predicted molar refractivity (Wildman–Crippen MR) is 87.2 cm³/mol. The average Bonchev–Trinajstić information content (AvgIpc) is 2.39. The van der Waals surface area contributed by atoms with Crippen LogP contribution in [0, 0.1) is 20.8 Å². The summed E-state index contributed by atoms with van der Waals surface area (Å²) in [6, 6.07) is 9.36. The van der Waals surface area contributed by atoms with Gasteiger partial charge in [-0.15, -0.1) is 0 Å². The zero-order chi connectivity index (χ0) is 14.9. The molecule has 0 aliphatic rings. The number of nitrogens with one attached hydrogen (secondary N) is 1. The van der Waals surface area contributed by atoms with Crippen molar-refractivity contribution in [1.29, 1.82) is 0 Å². The largest absolute Gasteiger partial charge is 0.399 e. The molecule has 0 saturated heterocycles. The Labute approximate surface area is 127 Å². The molecule has 0 spiro atoms. The number of rotatable bonds is 2. The van der Waals surface area contributed by atoms with Gasteiger partial charge in [0, 0.05) is 21.4 Å². The lowest BCUT2D eigenvalue weighted by molar-refractivity contribution is 0.102. The zero-order valence-electron chi connectivity index (χ0n) is 11.8. The van der Waals surface area contributed by atoms with Gasteiger partial charge in [0.15, 0.2) is 0 Å². The molecule has 2 rings (SSSR count). The molecule has 3 nitrogen and oxygen atoms in total. The first-order chi connectivity index (χ1) is 9.40. The Balaban J connectivity index is 2.33. The number of halogens is 1. The first-order valence-electron chi connectivity index (χ1n) is 6.33.